The fourth-order valence-electron chi connectivity index (χ4n) is 3.19. The van der Waals surface area contributed by atoms with Crippen LogP contribution in [-0.2, 0) is 38.0 Å². The molecule has 0 spiro atoms. The number of esters is 1. The fraction of sp³-hybridized carbons (Fsp3) is 0.250. The maximum absolute atomic E-state index is 13.0. The average Bonchev–Trinajstić information content (AvgIpc) is 2.91. The molecule has 0 aliphatic rings. The predicted octanol–water partition coefficient (Wildman–Crippen LogP) is 4.46. The van der Waals surface area contributed by atoms with E-state index < -0.39 is 30.1 Å². The molecule has 3 rings (SSSR count). The third kappa shape index (κ3) is 9.46. The summed E-state index contributed by atoms with van der Waals surface area (Å²) in [6, 6.07) is 26.6. The Morgan fingerprint density at radius 1 is 0.722 bits per heavy atom. The normalized spacial score (nSPS) is 12.1. The zero-order valence-electron chi connectivity index (χ0n) is 20.1. The standard InChI is InChI=1S/C28H30N2O5S/c1-21(27(32)34-17-22-11-5-2-6-12-22)29-26(31)25(20-36-19-24-15-9-4-10-16-24)30-28(33)35-18-23-13-7-3-8-14-23/h2-16,21,25H,17-20H2,1H3,(H,29,31)(H,30,33)/t21-,25?/m0/s1. The summed E-state index contributed by atoms with van der Waals surface area (Å²) < 4.78 is 10.6. The van der Waals surface area contributed by atoms with Gasteiger partial charge in [0.15, 0.2) is 0 Å². The first-order valence-corrected chi connectivity index (χ1v) is 12.8. The van der Waals surface area contributed by atoms with Gasteiger partial charge in [0.25, 0.3) is 0 Å². The van der Waals surface area contributed by atoms with Crippen LogP contribution in [0.4, 0.5) is 4.79 Å². The number of thioether (sulfide) groups is 1. The molecule has 0 fully saturated rings. The van der Waals surface area contributed by atoms with Crippen molar-refractivity contribution in [2.45, 2.75) is 38.0 Å². The molecule has 0 aliphatic heterocycles. The highest BCUT2D eigenvalue weighted by atomic mass is 32.2. The number of benzene rings is 3. The summed E-state index contributed by atoms with van der Waals surface area (Å²) in [6.45, 7) is 1.74. The molecule has 2 N–H and O–H groups in total. The van der Waals surface area contributed by atoms with Gasteiger partial charge < -0.3 is 20.1 Å². The Morgan fingerprint density at radius 3 is 1.78 bits per heavy atom. The molecular weight excluding hydrogens is 476 g/mol. The second-order valence-corrected chi connectivity index (χ2v) is 9.11. The molecule has 0 aromatic heterocycles. The second-order valence-electron chi connectivity index (χ2n) is 8.08. The van der Waals surface area contributed by atoms with Gasteiger partial charge in [-0.2, -0.15) is 11.8 Å². The minimum Gasteiger partial charge on any atom is -0.459 e. The van der Waals surface area contributed by atoms with Crippen molar-refractivity contribution in [3.8, 4) is 0 Å². The van der Waals surface area contributed by atoms with Gasteiger partial charge in [0.05, 0.1) is 0 Å². The average molecular weight is 507 g/mol. The van der Waals surface area contributed by atoms with E-state index in [1.807, 2.05) is 91.0 Å². The molecule has 2 atom stereocenters. The Kier molecular flexibility index (Phi) is 10.9. The lowest BCUT2D eigenvalue weighted by Crippen LogP contribution is -2.52. The van der Waals surface area contributed by atoms with Crippen LogP contribution in [0.3, 0.4) is 0 Å². The number of alkyl carbamates (subject to hydrolysis) is 1. The summed E-state index contributed by atoms with van der Waals surface area (Å²) in [7, 11) is 0. The molecule has 0 heterocycles. The van der Waals surface area contributed by atoms with Crippen LogP contribution in [-0.4, -0.2) is 35.8 Å². The van der Waals surface area contributed by atoms with E-state index in [1.54, 1.807) is 6.92 Å². The molecule has 3 aromatic rings. The van der Waals surface area contributed by atoms with E-state index in [2.05, 4.69) is 10.6 Å². The van der Waals surface area contributed by atoms with E-state index in [9.17, 15) is 14.4 Å². The van der Waals surface area contributed by atoms with Gasteiger partial charge in [-0.25, -0.2) is 9.59 Å². The van der Waals surface area contributed by atoms with Gasteiger partial charge in [0.1, 0.15) is 25.3 Å². The zero-order valence-corrected chi connectivity index (χ0v) is 20.9. The summed E-state index contributed by atoms with van der Waals surface area (Å²) in [5, 5.41) is 5.28. The predicted molar refractivity (Wildman–Crippen MR) is 140 cm³/mol. The molecule has 1 unspecified atom stereocenters. The topological polar surface area (TPSA) is 93.7 Å². The van der Waals surface area contributed by atoms with Crippen molar-refractivity contribution in [2.24, 2.45) is 0 Å². The molecular formula is C28H30N2O5S. The molecule has 3 aromatic carbocycles. The lowest BCUT2D eigenvalue weighted by Gasteiger charge is -2.20. The number of rotatable bonds is 12. The van der Waals surface area contributed by atoms with Crippen molar-refractivity contribution < 1.29 is 23.9 Å². The molecule has 8 heteroatoms. The molecule has 0 saturated carbocycles. The Hall–Kier alpha value is -3.78. The molecule has 2 amide bonds. The summed E-state index contributed by atoms with van der Waals surface area (Å²) >= 11 is 1.49. The van der Waals surface area contributed by atoms with Gasteiger partial charge in [-0.1, -0.05) is 91.0 Å². The highest BCUT2D eigenvalue weighted by Gasteiger charge is 2.26. The summed E-state index contributed by atoms with van der Waals surface area (Å²) in [4.78, 5) is 37.8. The van der Waals surface area contributed by atoms with Gasteiger partial charge in [-0.15, -0.1) is 0 Å². The number of amides is 2. The van der Waals surface area contributed by atoms with Crippen molar-refractivity contribution in [3.63, 3.8) is 0 Å². The van der Waals surface area contributed by atoms with Crippen LogP contribution < -0.4 is 10.6 Å². The maximum atomic E-state index is 13.0. The number of ether oxygens (including phenoxy) is 2. The minimum atomic E-state index is -0.897. The number of nitrogens with one attached hydrogen (secondary N) is 2. The lowest BCUT2D eigenvalue weighted by molar-refractivity contribution is -0.148. The monoisotopic (exact) mass is 506 g/mol. The highest BCUT2D eigenvalue weighted by Crippen LogP contribution is 2.13. The number of carbonyl (C=O) groups excluding carboxylic acids is 3. The Balaban J connectivity index is 1.54. The fourth-order valence-corrected chi connectivity index (χ4v) is 4.20. The summed E-state index contributed by atoms with van der Waals surface area (Å²) in [6.07, 6.45) is -0.710. The van der Waals surface area contributed by atoms with E-state index in [1.165, 1.54) is 11.8 Å². The molecule has 0 saturated heterocycles. The van der Waals surface area contributed by atoms with Crippen molar-refractivity contribution >= 4 is 29.7 Å². The van der Waals surface area contributed by atoms with Crippen molar-refractivity contribution in [1.82, 2.24) is 10.6 Å². The third-order valence-electron chi connectivity index (χ3n) is 5.15. The summed E-state index contributed by atoms with van der Waals surface area (Å²) in [5.41, 5.74) is 2.79. The van der Waals surface area contributed by atoms with Crippen LogP contribution in [0.2, 0.25) is 0 Å². The van der Waals surface area contributed by atoms with Gasteiger partial charge in [-0.3, -0.25) is 4.79 Å². The van der Waals surface area contributed by atoms with E-state index in [0.29, 0.717) is 11.5 Å². The quantitative estimate of drug-likeness (QED) is 0.352. The third-order valence-corrected chi connectivity index (χ3v) is 6.26. The van der Waals surface area contributed by atoms with Gasteiger partial charge in [-0.05, 0) is 23.6 Å². The molecule has 188 valence electrons. The SMILES string of the molecule is C[C@H](NC(=O)C(CSCc1ccccc1)NC(=O)OCc1ccccc1)C(=O)OCc1ccccc1. The van der Waals surface area contributed by atoms with Crippen molar-refractivity contribution in [3.05, 3.63) is 108 Å². The second kappa shape index (κ2) is 14.6. The zero-order chi connectivity index (χ0) is 25.6. The molecule has 7 nitrogen and oxygen atoms in total. The summed E-state index contributed by atoms with van der Waals surface area (Å²) in [5.74, 6) is -0.0848. The highest BCUT2D eigenvalue weighted by molar-refractivity contribution is 7.98. The first kappa shape index (κ1) is 26.8. The van der Waals surface area contributed by atoms with E-state index in [4.69, 9.17) is 9.47 Å². The van der Waals surface area contributed by atoms with E-state index >= 15 is 0 Å². The lowest BCUT2D eigenvalue weighted by atomic mass is 10.2. The number of hydrogen-bond acceptors (Lipinski definition) is 6. The van der Waals surface area contributed by atoms with Crippen LogP contribution in [0.25, 0.3) is 0 Å². The van der Waals surface area contributed by atoms with Crippen molar-refractivity contribution in [2.75, 3.05) is 5.75 Å². The van der Waals surface area contributed by atoms with Gasteiger partial charge in [0.2, 0.25) is 5.91 Å². The van der Waals surface area contributed by atoms with E-state index in [0.717, 1.165) is 16.7 Å². The largest absolute Gasteiger partial charge is 0.459 e. The van der Waals surface area contributed by atoms with Crippen molar-refractivity contribution in [1.29, 1.82) is 0 Å². The van der Waals surface area contributed by atoms with Crippen LogP contribution in [0.15, 0.2) is 91.0 Å². The van der Waals surface area contributed by atoms with E-state index in [-0.39, 0.29) is 13.2 Å². The Morgan fingerprint density at radius 2 is 1.22 bits per heavy atom. The van der Waals surface area contributed by atoms with Crippen LogP contribution in [0.1, 0.15) is 23.6 Å². The van der Waals surface area contributed by atoms with Crippen LogP contribution in [0.5, 0.6) is 0 Å². The molecule has 0 radical (unpaired) electrons. The number of hydrogen-bond donors (Lipinski definition) is 2. The van der Waals surface area contributed by atoms with Crippen LogP contribution in [0, 0.1) is 0 Å². The van der Waals surface area contributed by atoms with Crippen LogP contribution >= 0.6 is 11.8 Å². The Labute approximate surface area is 215 Å². The Bertz CT molecular complexity index is 1100. The molecule has 36 heavy (non-hydrogen) atoms. The number of carbonyl (C=O) groups is 3. The minimum absolute atomic E-state index is 0.0837. The molecule has 0 aliphatic carbocycles. The molecule has 0 bridgehead atoms. The maximum Gasteiger partial charge on any atom is 0.408 e. The van der Waals surface area contributed by atoms with Gasteiger partial charge >= 0.3 is 12.1 Å². The first-order valence-electron chi connectivity index (χ1n) is 11.6. The first-order chi connectivity index (χ1) is 17.5. The van der Waals surface area contributed by atoms with Gasteiger partial charge in [0, 0.05) is 11.5 Å². The smallest absolute Gasteiger partial charge is 0.408 e.